The van der Waals surface area contributed by atoms with Crippen LogP contribution in [-0.4, -0.2) is 4.57 Å². The maximum Gasteiger partial charge on any atom is 0.0492 e. The normalized spacial score (nSPS) is 13.7. The maximum atomic E-state index is 2.44. The molecule has 19 heavy (non-hydrogen) atoms. The molecule has 1 aliphatic heterocycles. The van der Waals surface area contributed by atoms with Crippen molar-refractivity contribution in [3.63, 3.8) is 0 Å². The standard InChI is InChI=1S/C18H15N/c1-2-8-14(9-3-1)18-15-10-4-5-11-16(15)19-13-7-6-12-17(18)19/h1-11H,12-13H2. The van der Waals surface area contributed by atoms with E-state index in [4.69, 9.17) is 0 Å². The minimum Gasteiger partial charge on any atom is -0.340 e. The average Bonchev–Trinajstić information content (AvgIpc) is 2.83. The summed E-state index contributed by atoms with van der Waals surface area (Å²) in [4.78, 5) is 0. The minimum absolute atomic E-state index is 0.989. The van der Waals surface area contributed by atoms with E-state index < -0.39 is 0 Å². The minimum atomic E-state index is 0.989. The van der Waals surface area contributed by atoms with Crippen molar-refractivity contribution >= 4 is 10.9 Å². The zero-order valence-corrected chi connectivity index (χ0v) is 10.7. The summed E-state index contributed by atoms with van der Waals surface area (Å²) in [5, 5.41) is 1.37. The van der Waals surface area contributed by atoms with Gasteiger partial charge in [-0.25, -0.2) is 0 Å². The molecule has 1 nitrogen and oxygen atoms in total. The molecule has 4 rings (SSSR count). The van der Waals surface area contributed by atoms with Crippen LogP contribution in [0.15, 0.2) is 66.7 Å². The highest BCUT2D eigenvalue weighted by Crippen LogP contribution is 2.36. The Kier molecular flexibility index (Phi) is 2.31. The van der Waals surface area contributed by atoms with E-state index in [-0.39, 0.29) is 0 Å². The topological polar surface area (TPSA) is 4.93 Å². The number of hydrogen-bond acceptors (Lipinski definition) is 0. The highest BCUT2D eigenvalue weighted by Gasteiger charge is 2.17. The van der Waals surface area contributed by atoms with Crippen LogP contribution in [0.1, 0.15) is 5.69 Å². The highest BCUT2D eigenvalue weighted by molar-refractivity contribution is 5.98. The Hall–Kier alpha value is -2.28. The highest BCUT2D eigenvalue weighted by atomic mass is 15.0. The first-order chi connectivity index (χ1) is 9.45. The first kappa shape index (κ1) is 10.6. The van der Waals surface area contributed by atoms with E-state index in [1.54, 1.807) is 0 Å². The molecule has 0 radical (unpaired) electrons. The Morgan fingerprint density at radius 2 is 1.58 bits per heavy atom. The van der Waals surface area contributed by atoms with Crippen molar-refractivity contribution in [1.82, 2.24) is 4.57 Å². The number of hydrogen-bond donors (Lipinski definition) is 0. The van der Waals surface area contributed by atoms with Gasteiger partial charge in [0.2, 0.25) is 0 Å². The molecule has 0 aliphatic carbocycles. The first-order valence-electron chi connectivity index (χ1n) is 6.75. The first-order valence-corrected chi connectivity index (χ1v) is 6.75. The summed E-state index contributed by atoms with van der Waals surface area (Å²) < 4.78 is 2.44. The summed E-state index contributed by atoms with van der Waals surface area (Å²) in [6.45, 7) is 0.989. The lowest BCUT2D eigenvalue weighted by atomic mass is 10.0. The number of benzene rings is 2. The zero-order chi connectivity index (χ0) is 12.7. The third-order valence-corrected chi connectivity index (χ3v) is 3.91. The largest absolute Gasteiger partial charge is 0.340 e. The van der Waals surface area contributed by atoms with Gasteiger partial charge < -0.3 is 4.57 Å². The number of rotatable bonds is 1. The molecule has 1 aliphatic rings. The molecule has 0 saturated carbocycles. The molecular weight excluding hydrogens is 230 g/mol. The average molecular weight is 245 g/mol. The van der Waals surface area contributed by atoms with Crippen molar-refractivity contribution in [2.75, 3.05) is 0 Å². The lowest BCUT2D eigenvalue weighted by Crippen LogP contribution is -2.05. The van der Waals surface area contributed by atoms with E-state index in [0.717, 1.165) is 13.0 Å². The third kappa shape index (κ3) is 1.55. The lowest BCUT2D eigenvalue weighted by molar-refractivity contribution is 0.783. The molecule has 3 aromatic rings. The molecule has 2 heterocycles. The summed E-state index contributed by atoms with van der Waals surface area (Å²) in [5.41, 5.74) is 5.51. The van der Waals surface area contributed by atoms with Gasteiger partial charge in [0, 0.05) is 35.1 Å². The molecule has 0 saturated heterocycles. The van der Waals surface area contributed by atoms with Crippen molar-refractivity contribution in [2.24, 2.45) is 0 Å². The van der Waals surface area contributed by atoms with E-state index in [2.05, 4.69) is 71.3 Å². The second-order valence-electron chi connectivity index (χ2n) is 4.99. The van der Waals surface area contributed by atoms with E-state index in [1.165, 1.54) is 27.7 Å². The molecule has 0 atom stereocenters. The molecule has 0 fully saturated rings. The number of allylic oxidation sites excluding steroid dienone is 2. The van der Waals surface area contributed by atoms with Crippen LogP contribution in [-0.2, 0) is 13.0 Å². The molecule has 92 valence electrons. The van der Waals surface area contributed by atoms with E-state index >= 15 is 0 Å². The number of aromatic nitrogens is 1. The van der Waals surface area contributed by atoms with Crippen LogP contribution in [0.25, 0.3) is 22.0 Å². The lowest BCUT2D eigenvalue weighted by Gasteiger charge is -2.12. The van der Waals surface area contributed by atoms with Gasteiger partial charge >= 0.3 is 0 Å². The smallest absolute Gasteiger partial charge is 0.0492 e. The van der Waals surface area contributed by atoms with Gasteiger partial charge in [0.05, 0.1) is 0 Å². The van der Waals surface area contributed by atoms with Crippen LogP contribution in [0.5, 0.6) is 0 Å². The van der Waals surface area contributed by atoms with E-state index in [0.29, 0.717) is 0 Å². The second-order valence-corrected chi connectivity index (χ2v) is 4.99. The summed E-state index contributed by atoms with van der Waals surface area (Å²) in [6.07, 6.45) is 5.56. The molecule has 0 spiro atoms. The summed E-state index contributed by atoms with van der Waals surface area (Å²) in [5.74, 6) is 0. The molecule has 0 unspecified atom stereocenters. The fourth-order valence-electron chi connectivity index (χ4n) is 3.08. The Labute approximate surface area is 112 Å². The van der Waals surface area contributed by atoms with Crippen LogP contribution < -0.4 is 0 Å². The molecule has 0 amide bonds. The fraction of sp³-hybridized carbons (Fsp3) is 0.111. The predicted octanol–water partition coefficient (Wildman–Crippen LogP) is 4.42. The fourth-order valence-corrected chi connectivity index (χ4v) is 3.08. The Bertz CT molecular complexity index is 763. The van der Waals surface area contributed by atoms with Crippen molar-refractivity contribution in [3.8, 4) is 11.1 Å². The summed E-state index contributed by atoms with van der Waals surface area (Å²) >= 11 is 0. The van der Waals surface area contributed by atoms with Gasteiger partial charge in [-0.1, -0.05) is 60.7 Å². The quantitative estimate of drug-likeness (QED) is 0.559. The van der Waals surface area contributed by atoms with Crippen molar-refractivity contribution in [1.29, 1.82) is 0 Å². The summed E-state index contributed by atoms with van der Waals surface area (Å²) in [6, 6.07) is 19.5. The van der Waals surface area contributed by atoms with Gasteiger partial charge in [-0.05, 0) is 11.6 Å². The predicted molar refractivity (Wildman–Crippen MR) is 80.2 cm³/mol. The Morgan fingerprint density at radius 3 is 2.47 bits per heavy atom. The van der Waals surface area contributed by atoms with Gasteiger partial charge in [-0.2, -0.15) is 0 Å². The summed E-state index contributed by atoms with van der Waals surface area (Å²) in [7, 11) is 0. The monoisotopic (exact) mass is 245 g/mol. The Morgan fingerprint density at radius 1 is 0.789 bits per heavy atom. The molecule has 0 bridgehead atoms. The molecule has 0 N–H and O–H groups in total. The van der Waals surface area contributed by atoms with Crippen molar-refractivity contribution < 1.29 is 0 Å². The van der Waals surface area contributed by atoms with E-state index in [9.17, 15) is 0 Å². The van der Waals surface area contributed by atoms with Crippen LogP contribution in [0.4, 0.5) is 0 Å². The number of fused-ring (bicyclic) bond motifs is 3. The Balaban J connectivity index is 2.10. The van der Waals surface area contributed by atoms with Crippen LogP contribution in [0, 0.1) is 0 Å². The SMILES string of the molecule is C1=CCn2c(c(-c3ccccc3)c3ccccc32)C1. The number of nitrogens with zero attached hydrogens (tertiary/aromatic N) is 1. The maximum absolute atomic E-state index is 2.44. The van der Waals surface area contributed by atoms with Crippen molar-refractivity contribution in [2.45, 2.75) is 13.0 Å². The molecular formula is C18H15N. The van der Waals surface area contributed by atoms with Crippen LogP contribution in [0.3, 0.4) is 0 Å². The van der Waals surface area contributed by atoms with Crippen LogP contribution >= 0.6 is 0 Å². The van der Waals surface area contributed by atoms with E-state index in [1.807, 2.05) is 0 Å². The molecule has 1 aromatic heterocycles. The molecule has 2 aromatic carbocycles. The molecule has 1 heteroatoms. The van der Waals surface area contributed by atoms with Gasteiger partial charge in [-0.15, -0.1) is 0 Å². The van der Waals surface area contributed by atoms with Gasteiger partial charge in [0.15, 0.2) is 0 Å². The number of para-hydroxylation sites is 1. The van der Waals surface area contributed by atoms with Gasteiger partial charge in [0.1, 0.15) is 0 Å². The van der Waals surface area contributed by atoms with Gasteiger partial charge in [-0.3, -0.25) is 0 Å². The van der Waals surface area contributed by atoms with Crippen LogP contribution in [0.2, 0.25) is 0 Å². The van der Waals surface area contributed by atoms with Gasteiger partial charge in [0.25, 0.3) is 0 Å². The second kappa shape index (κ2) is 4.13. The van der Waals surface area contributed by atoms with Crippen molar-refractivity contribution in [3.05, 3.63) is 72.4 Å². The zero-order valence-electron chi connectivity index (χ0n) is 10.7. The third-order valence-electron chi connectivity index (χ3n) is 3.91.